The number of nitrogens with one attached hydrogen (secondary N) is 1. The van der Waals surface area contributed by atoms with Gasteiger partial charge in [0.1, 0.15) is 27.0 Å². The van der Waals surface area contributed by atoms with E-state index in [0.29, 0.717) is 31.9 Å². The SMILES string of the molecule is COc1ccc(CN(Cc2ccc(OC)cc2)S(=O)(=O)c2c(S(=O)(=O)NC3CCN(C(=O)O)C3)ccc(I)c2-c2nnn(Cc3ccc(OC)cc3)n2)cc1. The molecule has 0 saturated carbocycles. The van der Waals surface area contributed by atoms with Gasteiger partial charge in [-0.2, -0.15) is 9.10 Å². The molecule has 1 aromatic heterocycles. The van der Waals surface area contributed by atoms with Crippen molar-refractivity contribution in [2.24, 2.45) is 0 Å². The second-order valence-corrected chi connectivity index (χ2v) is 17.3. The number of benzene rings is 4. The quantitative estimate of drug-likeness (QED) is 0.141. The van der Waals surface area contributed by atoms with E-state index in [1.807, 2.05) is 34.7 Å². The lowest BCUT2D eigenvalue weighted by molar-refractivity contribution is 0.155. The monoisotopic (exact) mass is 903 g/mol. The molecule has 2 heterocycles. The molecule has 4 aromatic carbocycles. The van der Waals surface area contributed by atoms with E-state index in [1.165, 1.54) is 35.5 Å². The van der Waals surface area contributed by atoms with Crippen molar-refractivity contribution >= 4 is 48.7 Å². The van der Waals surface area contributed by atoms with Gasteiger partial charge in [0.15, 0.2) is 0 Å². The predicted octanol–water partition coefficient (Wildman–Crippen LogP) is 4.44. The van der Waals surface area contributed by atoms with Crippen LogP contribution in [0.4, 0.5) is 4.79 Å². The number of sulfonamides is 2. The lowest BCUT2D eigenvalue weighted by Gasteiger charge is -2.26. The molecular formula is C36H38IN7O9S2. The van der Waals surface area contributed by atoms with Crippen LogP contribution in [0.2, 0.25) is 0 Å². The molecule has 6 rings (SSSR count). The van der Waals surface area contributed by atoms with Crippen LogP contribution in [-0.2, 0) is 39.7 Å². The molecule has 1 atom stereocenters. The minimum absolute atomic E-state index is 0.0579. The summed E-state index contributed by atoms with van der Waals surface area (Å²) in [7, 11) is -4.75. The van der Waals surface area contributed by atoms with Gasteiger partial charge in [-0.3, -0.25) is 0 Å². The zero-order valence-corrected chi connectivity index (χ0v) is 33.8. The maximum atomic E-state index is 15.3. The third-order valence-corrected chi connectivity index (χ3v) is 13.4. The number of hydrogen-bond acceptors (Lipinski definition) is 11. The van der Waals surface area contributed by atoms with Gasteiger partial charge in [0.05, 0.1) is 33.4 Å². The van der Waals surface area contributed by atoms with Crippen molar-refractivity contribution in [2.75, 3.05) is 34.4 Å². The fourth-order valence-corrected chi connectivity index (χ4v) is 10.6. The molecule has 0 radical (unpaired) electrons. The van der Waals surface area contributed by atoms with Gasteiger partial charge in [0.2, 0.25) is 25.9 Å². The number of amides is 1. The second kappa shape index (κ2) is 16.9. The summed E-state index contributed by atoms with van der Waals surface area (Å²) in [6.07, 6.45) is -0.981. The average molecular weight is 904 g/mol. The van der Waals surface area contributed by atoms with E-state index in [9.17, 15) is 18.3 Å². The van der Waals surface area contributed by atoms with E-state index < -0.39 is 42.0 Å². The third kappa shape index (κ3) is 9.18. The Morgan fingerprint density at radius 3 is 1.85 bits per heavy atom. The summed E-state index contributed by atoms with van der Waals surface area (Å²) in [5, 5.41) is 22.4. The van der Waals surface area contributed by atoms with Gasteiger partial charge in [0.25, 0.3) is 0 Å². The van der Waals surface area contributed by atoms with Gasteiger partial charge >= 0.3 is 6.09 Å². The molecule has 1 saturated heterocycles. The summed E-state index contributed by atoms with van der Waals surface area (Å²) in [6.45, 7) is -0.105. The van der Waals surface area contributed by atoms with E-state index in [0.717, 1.165) is 10.5 Å². The molecule has 5 aromatic rings. The minimum Gasteiger partial charge on any atom is -0.497 e. The zero-order valence-electron chi connectivity index (χ0n) is 30.0. The average Bonchev–Trinajstić information content (AvgIpc) is 3.85. The smallest absolute Gasteiger partial charge is 0.407 e. The van der Waals surface area contributed by atoms with Crippen molar-refractivity contribution in [1.82, 2.24) is 34.1 Å². The van der Waals surface area contributed by atoms with Crippen LogP contribution in [0.5, 0.6) is 17.2 Å². The Morgan fingerprint density at radius 1 is 0.836 bits per heavy atom. The lowest BCUT2D eigenvalue weighted by atomic mass is 10.2. The molecular weight excluding hydrogens is 865 g/mol. The van der Waals surface area contributed by atoms with Crippen LogP contribution in [0.15, 0.2) is 94.7 Å². The highest BCUT2D eigenvalue weighted by atomic mass is 127. The minimum atomic E-state index is -4.75. The highest BCUT2D eigenvalue weighted by Gasteiger charge is 2.39. The van der Waals surface area contributed by atoms with E-state index >= 15 is 8.42 Å². The number of halogens is 1. The fraction of sp³-hybridized carbons (Fsp3) is 0.278. The number of nitrogens with zero attached hydrogens (tertiary/aromatic N) is 6. The van der Waals surface area contributed by atoms with E-state index in [1.54, 1.807) is 67.8 Å². The van der Waals surface area contributed by atoms with Gasteiger partial charge in [0, 0.05) is 35.8 Å². The van der Waals surface area contributed by atoms with Crippen LogP contribution >= 0.6 is 22.6 Å². The van der Waals surface area contributed by atoms with Crippen LogP contribution < -0.4 is 18.9 Å². The second-order valence-electron chi connectivity index (χ2n) is 12.5. The van der Waals surface area contributed by atoms with Crippen LogP contribution in [0.1, 0.15) is 23.1 Å². The lowest BCUT2D eigenvalue weighted by Crippen LogP contribution is -2.39. The largest absolute Gasteiger partial charge is 0.497 e. The number of carbonyl (C=O) groups is 1. The number of methoxy groups -OCH3 is 3. The molecule has 16 nitrogen and oxygen atoms in total. The number of aromatic nitrogens is 4. The first kappa shape index (κ1) is 39.9. The van der Waals surface area contributed by atoms with Crippen molar-refractivity contribution in [3.8, 4) is 28.6 Å². The van der Waals surface area contributed by atoms with Crippen LogP contribution in [0.3, 0.4) is 0 Å². The Hall–Kier alpha value is -4.83. The van der Waals surface area contributed by atoms with E-state index in [-0.39, 0.29) is 50.5 Å². The Bertz CT molecular complexity index is 2310. The maximum absolute atomic E-state index is 15.3. The Kier molecular flexibility index (Phi) is 12.2. The van der Waals surface area contributed by atoms with Crippen molar-refractivity contribution in [3.63, 3.8) is 0 Å². The summed E-state index contributed by atoms with van der Waals surface area (Å²) in [5.74, 6) is 1.70. The highest BCUT2D eigenvalue weighted by Crippen LogP contribution is 2.38. The summed E-state index contributed by atoms with van der Waals surface area (Å²) >= 11 is 1.93. The number of hydrogen-bond donors (Lipinski definition) is 2. The topological polar surface area (TPSA) is 195 Å². The Balaban J connectivity index is 1.49. The van der Waals surface area contributed by atoms with Crippen molar-refractivity contribution in [3.05, 3.63) is 105 Å². The first-order chi connectivity index (χ1) is 26.3. The van der Waals surface area contributed by atoms with Gasteiger partial charge < -0.3 is 24.2 Å². The molecule has 1 fully saturated rings. The van der Waals surface area contributed by atoms with Crippen LogP contribution in [-0.4, -0.2) is 97.9 Å². The number of carboxylic acid groups (broad SMARTS) is 1. The number of rotatable bonds is 15. The van der Waals surface area contributed by atoms with Gasteiger partial charge in [-0.05, 0) is 99.4 Å². The third-order valence-electron chi connectivity index (χ3n) is 8.93. The molecule has 0 bridgehead atoms. The molecule has 19 heteroatoms. The van der Waals surface area contributed by atoms with Crippen molar-refractivity contribution in [1.29, 1.82) is 0 Å². The summed E-state index contributed by atoms with van der Waals surface area (Å²) < 4.78 is 79.3. The summed E-state index contributed by atoms with van der Waals surface area (Å²) in [6, 6.07) is 22.8. The van der Waals surface area contributed by atoms with Gasteiger partial charge in [-0.15, -0.1) is 10.2 Å². The standard InChI is InChI=1S/C36H38IN7O9S2/c1-51-28-10-4-24(5-11-28)20-43(21-25-6-12-29(52-2)13-7-25)55(49,50)34-32(54(47,48)40-27-18-19-42(23-27)36(45)46)17-16-31(37)33(34)35-38-41-44(39-35)22-26-8-14-30(53-3)15-9-26/h4-17,27,40H,18-23H2,1-3H3,(H,45,46). The fourth-order valence-electron chi connectivity index (χ4n) is 6.06. The molecule has 1 aliphatic heterocycles. The molecule has 290 valence electrons. The summed E-state index contributed by atoms with van der Waals surface area (Å²) in [5.41, 5.74) is 1.97. The summed E-state index contributed by atoms with van der Waals surface area (Å²) in [4.78, 5) is 12.9. The Labute approximate surface area is 332 Å². The molecule has 0 spiro atoms. The predicted molar refractivity (Wildman–Crippen MR) is 209 cm³/mol. The molecule has 0 aliphatic carbocycles. The van der Waals surface area contributed by atoms with Crippen molar-refractivity contribution in [2.45, 2.75) is 41.9 Å². The zero-order chi connectivity index (χ0) is 39.3. The highest BCUT2D eigenvalue weighted by molar-refractivity contribution is 14.1. The molecule has 1 aliphatic rings. The molecule has 1 unspecified atom stereocenters. The molecule has 2 N–H and O–H groups in total. The van der Waals surface area contributed by atoms with E-state index in [2.05, 4.69) is 20.1 Å². The van der Waals surface area contributed by atoms with Gasteiger partial charge in [-0.1, -0.05) is 36.4 Å². The van der Waals surface area contributed by atoms with Crippen LogP contribution in [0.25, 0.3) is 11.4 Å². The van der Waals surface area contributed by atoms with Crippen LogP contribution in [0, 0.1) is 3.57 Å². The normalized spacial score (nSPS) is 14.6. The molecule has 55 heavy (non-hydrogen) atoms. The Morgan fingerprint density at radius 2 is 1.36 bits per heavy atom. The molecule has 1 amide bonds. The maximum Gasteiger partial charge on any atom is 0.407 e. The number of tetrazole rings is 1. The van der Waals surface area contributed by atoms with Gasteiger partial charge in [-0.25, -0.2) is 26.4 Å². The first-order valence-electron chi connectivity index (χ1n) is 16.8. The number of ether oxygens (including phenoxy) is 3. The van der Waals surface area contributed by atoms with Crippen molar-refractivity contribution < 1.29 is 40.9 Å². The number of likely N-dealkylation sites (tertiary alicyclic amines) is 1. The first-order valence-corrected chi connectivity index (χ1v) is 20.8. The van der Waals surface area contributed by atoms with E-state index in [4.69, 9.17) is 14.2 Å².